The Morgan fingerprint density at radius 3 is 2.58 bits per heavy atom. The van der Waals surface area contributed by atoms with E-state index in [1.807, 2.05) is 32.0 Å². The number of nitrogens with zero attached hydrogens (tertiary/aromatic N) is 2. The second-order valence-electron chi connectivity index (χ2n) is 5.32. The van der Waals surface area contributed by atoms with Crippen LogP contribution < -0.4 is 5.32 Å². The lowest BCUT2D eigenvalue weighted by Crippen LogP contribution is -2.13. The van der Waals surface area contributed by atoms with Crippen molar-refractivity contribution in [2.45, 2.75) is 30.9 Å². The highest BCUT2D eigenvalue weighted by molar-refractivity contribution is 8.00. The second-order valence-corrected chi connectivity index (χ2v) is 7.52. The number of carbonyl (C=O) groups excluding carboxylic acids is 1. The van der Waals surface area contributed by atoms with Gasteiger partial charge >= 0.3 is 0 Å². The Bertz CT molecular complexity index is 856. The fourth-order valence-corrected chi connectivity index (χ4v) is 4.03. The van der Waals surface area contributed by atoms with Crippen LogP contribution in [0.5, 0.6) is 0 Å². The summed E-state index contributed by atoms with van der Waals surface area (Å²) in [6, 6.07) is 10.2. The van der Waals surface area contributed by atoms with Crippen LogP contribution in [0.3, 0.4) is 0 Å². The summed E-state index contributed by atoms with van der Waals surface area (Å²) in [6.45, 7) is 5.51. The summed E-state index contributed by atoms with van der Waals surface area (Å²) in [6.07, 6.45) is 0. The molecule has 3 rings (SSSR count). The van der Waals surface area contributed by atoms with Crippen molar-refractivity contribution in [2.24, 2.45) is 0 Å². The van der Waals surface area contributed by atoms with Crippen molar-refractivity contribution in [1.29, 1.82) is 0 Å². The van der Waals surface area contributed by atoms with Gasteiger partial charge in [0.15, 0.2) is 4.34 Å². The summed E-state index contributed by atoms with van der Waals surface area (Å²) in [7, 11) is 0. The quantitative estimate of drug-likeness (QED) is 0.532. The van der Waals surface area contributed by atoms with E-state index in [4.69, 9.17) is 4.42 Å². The Hall–Kier alpha value is -2.12. The van der Waals surface area contributed by atoms with Gasteiger partial charge in [-0.1, -0.05) is 53.4 Å². The fourth-order valence-electron chi connectivity index (χ4n) is 2.33. The lowest BCUT2D eigenvalue weighted by Gasteiger charge is -2.00. The Morgan fingerprint density at radius 2 is 1.92 bits per heavy atom. The molecule has 1 N–H and O–H groups in total. The Labute approximate surface area is 148 Å². The largest absolute Gasteiger partial charge is 0.466 e. The predicted molar refractivity (Wildman–Crippen MR) is 96.8 cm³/mol. The predicted octanol–water partition coefficient (Wildman–Crippen LogP) is 4.60. The molecule has 0 atom stereocenters. The van der Waals surface area contributed by atoms with Crippen molar-refractivity contribution in [3.63, 3.8) is 0 Å². The van der Waals surface area contributed by atoms with E-state index in [1.54, 1.807) is 18.7 Å². The van der Waals surface area contributed by atoms with Crippen molar-refractivity contribution in [3.05, 3.63) is 58.5 Å². The van der Waals surface area contributed by atoms with Gasteiger partial charge in [-0.25, -0.2) is 0 Å². The number of aromatic nitrogens is 2. The van der Waals surface area contributed by atoms with Crippen LogP contribution in [-0.2, 0) is 5.75 Å². The first kappa shape index (κ1) is 16.7. The molecule has 0 saturated carbocycles. The van der Waals surface area contributed by atoms with Crippen molar-refractivity contribution in [3.8, 4) is 0 Å². The minimum absolute atomic E-state index is 0.211. The SMILES string of the molecule is Cc1oc(C)c(C(=O)Nc2nnc(SCc3ccccc3)s2)c1C. The maximum Gasteiger partial charge on any atom is 0.261 e. The molecule has 0 aliphatic rings. The van der Waals surface area contributed by atoms with Gasteiger partial charge in [-0.05, 0) is 26.3 Å². The summed E-state index contributed by atoms with van der Waals surface area (Å²) < 4.78 is 6.32. The summed E-state index contributed by atoms with van der Waals surface area (Å²) in [5, 5.41) is 11.5. The molecule has 0 spiro atoms. The third kappa shape index (κ3) is 3.68. The lowest BCUT2D eigenvalue weighted by atomic mass is 10.1. The number of hydrogen-bond acceptors (Lipinski definition) is 6. The van der Waals surface area contributed by atoms with E-state index in [0.29, 0.717) is 16.5 Å². The van der Waals surface area contributed by atoms with Crippen LogP contribution in [0, 0.1) is 20.8 Å². The zero-order chi connectivity index (χ0) is 17.1. The zero-order valence-corrected chi connectivity index (χ0v) is 15.3. The topological polar surface area (TPSA) is 68.0 Å². The average molecular weight is 359 g/mol. The first-order valence-electron chi connectivity index (χ1n) is 7.42. The van der Waals surface area contributed by atoms with Gasteiger partial charge in [0.2, 0.25) is 5.13 Å². The molecule has 1 aromatic carbocycles. The van der Waals surface area contributed by atoms with Crippen LogP contribution in [0.1, 0.15) is 33.0 Å². The molecule has 0 radical (unpaired) electrons. The van der Waals surface area contributed by atoms with E-state index in [0.717, 1.165) is 21.4 Å². The number of nitrogens with one attached hydrogen (secondary N) is 1. The number of aryl methyl sites for hydroxylation is 2. The molecular formula is C17H17N3O2S2. The summed E-state index contributed by atoms with van der Waals surface area (Å²) in [5.41, 5.74) is 2.65. The normalized spacial score (nSPS) is 10.8. The number of hydrogen-bond donors (Lipinski definition) is 1. The molecule has 0 aliphatic heterocycles. The Kier molecular flexibility index (Phi) is 5.01. The van der Waals surface area contributed by atoms with E-state index in [-0.39, 0.29) is 5.91 Å². The summed E-state index contributed by atoms with van der Waals surface area (Å²) >= 11 is 2.97. The highest BCUT2D eigenvalue weighted by atomic mass is 32.2. The Morgan fingerprint density at radius 1 is 1.17 bits per heavy atom. The van der Waals surface area contributed by atoms with Gasteiger partial charge in [0.05, 0.1) is 5.56 Å². The van der Waals surface area contributed by atoms with E-state index in [1.165, 1.54) is 16.9 Å². The number of thioether (sulfide) groups is 1. The molecule has 7 heteroatoms. The maximum atomic E-state index is 12.4. The molecule has 0 saturated heterocycles. The second kappa shape index (κ2) is 7.19. The van der Waals surface area contributed by atoms with Crippen LogP contribution in [0.15, 0.2) is 39.1 Å². The smallest absolute Gasteiger partial charge is 0.261 e. The van der Waals surface area contributed by atoms with Gasteiger partial charge in [-0.2, -0.15) is 0 Å². The highest BCUT2D eigenvalue weighted by Gasteiger charge is 2.19. The number of amides is 1. The van der Waals surface area contributed by atoms with Crippen molar-refractivity contribution >= 4 is 34.1 Å². The number of benzene rings is 1. The minimum atomic E-state index is -0.211. The molecule has 0 aliphatic carbocycles. The molecule has 0 bridgehead atoms. The standard InChI is InChI=1S/C17H17N3O2S2/c1-10-11(2)22-12(3)14(10)15(21)18-16-19-20-17(24-16)23-9-13-7-5-4-6-8-13/h4-8H,9H2,1-3H3,(H,18,19,21). The molecule has 1 amide bonds. The Balaban J connectivity index is 1.64. The number of furan rings is 1. The molecular weight excluding hydrogens is 342 g/mol. The number of carbonyl (C=O) groups is 1. The van der Waals surface area contributed by atoms with E-state index in [9.17, 15) is 4.79 Å². The third-order valence-electron chi connectivity index (χ3n) is 3.62. The van der Waals surface area contributed by atoms with Crippen LogP contribution in [-0.4, -0.2) is 16.1 Å². The van der Waals surface area contributed by atoms with Crippen molar-refractivity contribution < 1.29 is 9.21 Å². The van der Waals surface area contributed by atoms with Crippen molar-refractivity contribution in [2.75, 3.05) is 5.32 Å². The molecule has 2 heterocycles. The van der Waals surface area contributed by atoms with E-state index >= 15 is 0 Å². The van der Waals surface area contributed by atoms with Gasteiger partial charge in [0, 0.05) is 11.3 Å². The zero-order valence-electron chi connectivity index (χ0n) is 13.6. The first-order chi connectivity index (χ1) is 11.5. The molecule has 24 heavy (non-hydrogen) atoms. The van der Waals surface area contributed by atoms with Crippen LogP contribution in [0.4, 0.5) is 5.13 Å². The first-order valence-corrected chi connectivity index (χ1v) is 9.23. The maximum absolute atomic E-state index is 12.4. The number of anilines is 1. The summed E-state index contributed by atoms with van der Waals surface area (Å²) in [5.74, 6) is 1.99. The fraction of sp³-hybridized carbons (Fsp3) is 0.235. The number of rotatable bonds is 5. The van der Waals surface area contributed by atoms with Crippen LogP contribution >= 0.6 is 23.1 Å². The van der Waals surface area contributed by atoms with Crippen molar-refractivity contribution in [1.82, 2.24) is 10.2 Å². The van der Waals surface area contributed by atoms with E-state index < -0.39 is 0 Å². The molecule has 5 nitrogen and oxygen atoms in total. The average Bonchev–Trinajstić information content (AvgIpc) is 3.11. The van der Waals surface area contributed by atoms with Gasteiger partial charge < -0.3 is 4.42 Å². The molecule has 0 unspecified atom stereocenters. The van der Waals surface area contributed by atoms with Crippen LogP contribution in [0.2, 0.25) is 0 Å². The molecule has 2 aromatic heterocycles. The minimum Gasteiger partial charge on any atom is -0.466 e. The molecule has 124 valence electrons. The molecule has 0 fully saturated rings. The third-order valence-corrected chi connectivity index (χ3v) is 5.66. The van der Waals surface area contributed by atoms with E-state index in [2.05, 4.69) is 27.6 Å². The lowest BCUT2D eigenvalue weighted by molar-refractivity contribution is 0.102. The van der Waals surface area contributed by atoms with Gasteiger partial charge in [-0.3, -0.25) is 10.1 Å². The molecule has 3 aromatic rings. The van der Waals surface area contributed by atoms with Crippen LogP contribution in [0.25, 0.3) is 0 Å². The highest BCUT2D eigenvalue weighted by Crippen LogP contribution is 2.29. The van der Waals surface area contributed by atoms with Gasteiger partial charge in [-0.15, -0.1) is 10.2 Å². The monoisotopic (exact) mass is 359 g/mol. The summed E-state index contributed by atoms with van der Waals surface area (Å²) in [4.78, 5) is 12.4. The van der Waals surface area contributed by atoms with Gasteiger partial charge in [0.1, 0.15) is 11.5 Å². The van der Waals surface area contributed by atoms with Gasteiger partial charge in [0.25, 0.3) is 5.91 Å².